The molecule has 1 aromatic rings. The highest BCUT2D eigenvalue weighted by atomic mass is 16.5. The van der Waals surface area contributed by atoms with Gasteiger partial charge in [-0.1, -0.05) is 12.8 Å². The molecule has 1 saturated carbocycles. The first kappa shape index (κ1) is 13.0. The van der Waals surface area contributed by atoms with Crippen molar-refractivity contribution in [1.29, 1.82) is 0 Å². The maximum atomic E-state index is 11.0. The van der Waals surface area contributed by atoms with E-state index >= 15 is 0 Å². The third-order valence-electron chi connectivity index (χ3n) is 3.32. The normalized spacial score (nSPS) is 18.9. The first-order valence-electron chi connectivity index (χ1n) is 6.46. The molecular formula is C12H19N3O3. The van der Waals surface area contributed by atoms with Crippen molar-refractivity contribution in [1.82, 2.24) is 5.27 Å². The second-order valence-electron chi connectivity index (χ2n) is 4.70. The lowest BCUT2D eigenvalue weighted by Crippen LogP contribution is -2.44. The largest absolute Gasteiger partial charge is 0.862 e. The zero-order valence-corrected chi connectivity index (χ0v) is 10.6. The molecule has 0 aliphatic heterocycles. The van der Waals surface area contributed by atoms with Crippen molar-refractivity contribution in [3.63, 3.8) is 0 Å². The van der Waals surface area contributed by atoms with E-state index in [1.165, 1.54) is 19.8 Å². The Labute approximate surface area is 106 Å². The quantitative estimate of drug-likeness (QED) is 0.373. The number of aromatic nitrogens is 2. The molecule has 0 radical (unpaired) electrons. The molecule has 2 rings (SSSR count). The number of aliphatic hydroxyl groups is 1. The van der Waals surface area contributed by atoms with E-state index in [1.807, 2.05) is 0 Å². The molecule has 0 spiro atoms. The Kier molecular flexibility index (Phi) is 4.30. The molecular weight excluding hydrogens is 234 g/mol. The lowest BCUT2D eigenvalue weighted by atomic mass is 10.1. The number of aliphatic hydroxyl groups excluding tert-OH is 1. The van der Waals surface area contributed by atoms with Crippen LogP contribution in [-0.2, 0) is 6.61 Å². The van der Waals surface area contributed by atoms with Gasteiger partial charge in [0.2, 0.25) is 5.27 Å². The summed E-state index contributed by atoms with van der Waals surface area (Å²) in [6, 6.07) is 0.245. The van der Waals surface area contributed by atoms with Gasteiger partial charge in [-0.15, -0.1) is 0 Å². The summed E-state index contributed by atoms with van der Waals surface area (Å²) in [5.74, 6) is -0.219. The zero-order valence-electron chi connectivity index (χ0n) is 10.6. The molecule has 1 aliphatic carbocycles. The van der Waals surface area contributed by atoms with Crippen molar-refractivity contribution in [2.75, 3.05) is 0 Å². The van der Waals surface area contributed by atoms with E-state index in [-0.39, 0.29) is 24.4 Å². The summed E-state index contributed by atoms with van der Waals surface area (Å²) in [5, 5.41) is 24.3. The van der Waals surface area contributed by atoms with Crippen LogP contribution in [0.25, 0.3) is 0 Å². The number of rotatable bonds is 3. The molecule has 0 saturated heterocycles. The molecule has 1 aliphatic rings. The molecule has 100 valence electrons. The summed E-state index contributed by atoms with van der Waals surface area (Å²) in [7, 11) is 0. The van der Waals surface area contributed by atoms with Crippen LogP contribution >= 0.6 is 0 Å². The van der Waals surface area contributed by atoms with E-state index in [4.69, 9.17) is 4.52 Å². The van der Waals surface area contributed by atoms with Gasteiger partial charge in [0.05, 0.1) is 0 Å². The molecule has 1 N–H and O–H groups in total. The van der Waals surface area contributed by atoms with Gasteiger partial charge in [-0.2, -0.15) is 0 Å². The summed E-state index contributed by atoms with van der Waals surface area (Å²) in [5.41, 5.74) is 0.497. The second kappa shape index (κ2) is 5.95. The molecule has 1 heterocycles. The van der Waals surface area contributed by atoms with Crippen LogP contribution < -0.4 is 9.79 Å². The predicted molar refractivity (Wildman–Crippen MR) is 62.1 cm³/mol. The average Bonchev–Trinajstić information content (AvgIpc) is 2.57. The third-order valence-corrected chi connectivity index (χ3v) is 3.32. The van der Waals surface area contributed by atoms with Crippen LogP contribution in [0.4, 0.5) is 5.88 Å². The highest BCUT2D eigenvalue weighted by Crippen LogP contribution is 2.25. The molecule has 6 heteroatoms. The summed E-state index contributed by atoms with van der Waals surface area (Å²) < 4.78 is 6.76. The van der Waals surface area contributed by atoms with Crippen LogP contribution in [0.5, 0.6) is 0 Å². The van der Waals surface area contributed by atoms with E-state index in [9.17, 15) is 10.2 Å². The van der Waals surface area contributed by atoms with Gasteiger partial charge in [-0.05, 0) is 30.3 Å². The minimum atomic E-state index is -0.353. The number of aliphatic imine (C=N–C) groups is 1. The van der Waals surface area contributed by atoms with Gasteiger partial charge in [-0.25, -0.2) is 4.99 Å². The molecule has 0 amide bonds. The summed E-state index contributed by atoms with van der Waals surface area (Å²) in [6.45, 7) is 1.13. The van der Waals surface area contributed by atoms with Gasteiger partial charge < -0.3 is 10.2 Å². The summed E-state index contributed by atoms with van der Waals surface area (Å²) in [4.78, 5) is 3.72. The third kappa shape index (κ3) is 2.87. The topological polar surface area (TPSA) is 85.6 Å². The van der Waals surface area contributed by atoms with Crippen molar-refractivity contribution in [3.05, 3.63) is 5.69 Å². The van der Waals surface area contributed by atoms with Crippen molar-refractivity contribution in [3.8, 4) is 0 Å². The van der Waals surface area contributed by atoms with Gasteiger partial charge in [0.25, 0.3) is 0 Å². The van der Waals surface area contributed by atoms with Crippen LogP contribution in [0.2, 0.25) is 0 Å². The van der Waals surface area contributed by atoms with Crippen LogP contribution in [0.1, 0.15) is 57.2 Å². The molecule has 1 fully saturated rings. The average molecular weight is 253 g/mol. The molecule has 1 aromatic heterocycles. The van der Waals surface area contributed by atoms with E-state index in [2.05, 4.69) is 10.3 Å². The molecule has 18 heavy (non-hydrogen) atoms. The van der Waals surface area contributed by atoms with E-state index in [0.717, 1.165) is 25.7 Å². The fraction of sp³-hybridized carbons (Fsp3) is 0.750. The Balaban J connectivity index is 2.26. The fourth-order valence-electron chi connectivity index (χ4n) is 2.44. The summed E-state index contributed by atoms with van der Waals surface area (Å²) >= 11 is 0. The summed E-state index contributed by atoms with van der Waals surface area (Å²) in [6.07, 6.45) is 6.87. The second-order valence-corrected chi connectivity index (χ2v) is 4.70. The molecule has 0 unspecified atom stereocenters. The minimum Gasteiger partial charge on any atom is -0.862 e. The highest BCUT2D eigenvalue weighted by Gasteiger charge is 2.31. The van der Waals surface area contributed by atoms with Crippen molar-refractivity contribution < 1.29 is 19.4 Å². The lowest BCUT2D eigenvalue weighted by Gasteiger charge is -2.04. The zero-order chi connectivity index (χ0) is 13.0. The maximum Gasteiger partial charge on any atom is 0.326 e. The van der Waals surface area contributed by atoms with Crippen LogP contribution in [-0.4, -0.2) is 16.3 Å². The van der Waals surface area contributed by atoms with Gasteiger partial charge in [0.1, 0.15) is 6.61 Å². The van der Waals surface area contributed by atoms with Crippen molar-refractivity contribution >= 4 is 11.8 Å². The monoisotopic (exact) mass is 253 g/mol. The van der Waals surface area contributed by atoms with Crippen LogP contribution in [0.15, 0.2) is 9.52 Å². The Morgan fingerprint density at radius 1 is 1.44 bits per heavy atom. The van der Waals surface area contributed by atoms with Gasteiger partial charge >= 0.3 is 11.6 Å². The Morgan fingerprint density at radius 2 is 2.11 bits per heavy atom. The molecule has 6 nitrogen and oxygen atoms in total. The number of hydrogen-bond donors (Lipinski definition) is 1. The van der Waals surface area contributed by atoms with Gasteiger partial charge in [0, 0.05) is 12.8 Å². The Morgan fingerprint density at radius 3 is 2.67 bits per heavy atom. The van der Waals surface area contributed by atoms with Gasteiger partial charge in [-0.3, -0.25) is 4.52 Å². The van der Waals surface area contributed by atoms with Crippen molar-refractivity contribution in [2.45, 2.75) is 58.1 Å². The molecule has 0 aromatic carbocycles. The number of nitrogens with zero attached hydrogens (tertiary/aromatic N) is 3. The fourth-order valence-corrected chi connectivity index (χ4v) is 2.44. The van der Waals surface area contributed by atoms with E-state index < -0.39 is 0 Å². The standard InChI is InChI=1S/C12H19N3O3/c1-9(17)13-12-11(8-16)15(14-18-12)10-6-4-2-3-5-7-10/h10,16H,2-8H2,1H3. The molecule has 0 bridgehead atoms. The maximum absolute atomic E-state index is 11.0. The smallest absolute Gasteiger partial charge is 0.326 e. The Bertz CT molecular complexity index is 416. The predicted octanol–water partition coefficient (Wildman–Crippen LogP) is 0.760. The first-order valence-corrected chi connectivity index (χ1v) is 6.46. The minimum absolute atomic E-state index is 0.134. The lowest BCUT2D eigenvalue weighted by molar-refractivity contribution is -0.793. The van der Waals surface area contributed by atoms with E-state index in [0.29, 0.717) is 5.69 Å². The van der Waals surface area contributed by atoms with Crippen molar-refractivity contribution in [2.24, 2.45) is 4.99 Å². The number of hydrogen-bond acceptors (Lipinski definition) is 5. The SMILES string of the molecule is C/C([O-])=N/c1on[n+](C2CCCCCC2)c1CO. The van der Waals surface area contributed by atoms with Crippen LogP contribution in [0.3, 0.4) is 0 Å². The highest BCUT2D eigenvalue weighted by molar-refractivity contribution is 5.71. The molecule has 0 atom stereocenters. The Hall–Kier alpha value is -1.43. The first-order chi connectivity index (χ1) is 8.72. The van der Waals surface area contributed by atoms with Gasteiger partial charge in [0.15, 0.2) is 6.04 Å². The van der Waals surface area contributed by atoms with Crippen LogP contribution in [0, 0.1) is 0 Å². The van der Waals surface area contributed by atoms with E-state index in [1.54, 1.807) is 4.68 Å².